The Morgan fingerprint density at radius 3 is 2.49 bits per heavy atom. The van der Waals surface area contributed by atoms with E-state index in [1.54, 1.807) is 44.7 Å². The average molecular weight is 622 g/mol. The minimum atomic E-state index is -0.808. The number of benzene rings is 2. The molecule has 3 aliphatic rings. The number of para-hydroxylation sites is 1. The summed E-state index contributed by atoms with van der Waals surface area (Å²) in [5, 5.41) is 10.1. The minimum Gasteiger partial charge on any atom is -0.396 e. The summed E-state index contributed by atoms with van der Waals surface area (Å²) in [4.78, 5) is 48.8. The number of fused-ring (bicyclic) bond motifs is 1. The van der Waals surface area contributed by atoms with Gasteiger partial charge in [-0.25, -0.2) is 0 Å². The molecule has 9 heteroatoms. The van der Waals surface area contributed by atoms with Crippen molar-refractivity contribution in [1.82, 2.24) is 9.80 Å². The molecule has 0 aromatic heterocycles. The van der Waals surface area contributed by atoms with Crippen molar-refractivity contribution >= 4 is 46.8 Å². The summed E-state index contributed by atoms with van der Waals surface area (Å²) in [5.74, 6) is -1.67. The Labute approximate surface area is 263 Å². The lowest BCUT2D eigenvalue weighted by Gasteiger charge is -2.41. The highest BCUT2D eigenvalue weighted by Gasteiger charge is 2.76. The van der Waals surface area contributed by atoms with Gasteiger partial charge in [-0.2, -0.15) is 0 Å². The summed E-state index contributed by atoms with van der Waals surface area (Å²) in [5.41, 5.74) is 2.44. The van der Waals surface area contributed by atoms with Gasteiger partial charge in [-0.3, -0.25) is 14.4 Å². The highest BCUT2D eigenvalue weighted by Crippen LogP contribution is 2.69. The number of nitrogens with zero attached hydrogens (tertiary/aromatic N) is 3. The number of hydrogen-bond acceptors (Lipinski definition) is 5. The molecular formula is C34H40ClN3O4S. The van der Waals surface area contributed by atoms with Gasteiger partial charge in [-0.15, -0.1) is 24.9 Å². The molecular weight excluding hydrogens is 582 g/mol. The van der Waals surface area contributed by atoms with E-state index in [1.165, 1.54) is 0 Å². The molecule has 1 spiro atoms. The fourth-order valence-electron chi connectivity index (χ4n) is 7.50. The molecule has 5 rings (SSSR count). The van der Waals surface area contributed by atoms with Crippen LogP contribution >= 0.6 is 23.4 Å². The maximum absolute atomic E-state index is 14.8. The van der Waals surface area contributed by atoms with Crippen LogP contribution in [-0.4, -0.2) is 74.9 Å². The van der Waals surface area contributed by atoms with E-state index in [4.69, 9.17) is 11.6 Å². The highest BCUT2D eigenvalue weighted by atomic mass is 35.5. The number of thioether (sulfide) groups is 1. The number of anilines is 1. The third kappa shape index (κ3) is 5.32. The largest absolute Gasteiger partial charge is 0.396 e. The van der Waals surface area contributed by atoms with E-state index in [0.717, 1.165) is 17.5 Å². The molecule has 228 valence electrons. The van der Waals surface area contributed by atoms with E-state index >= 15 is 0 Å². The minimum absolute atomic E-state index is 0.0217. The van der Waals surface area contributed by atoms with Crippen LogP contribution in [0.25, 0.3) is 0 Å². The first-order valence-electron chi connectivity index (χ1n) is 14.9. The van der Waals surface area contributed by atoms with Crippen LogP contribution in [0, 0.1) is 24.7 Å². The van der Waals surface area contributed by atoms with Crippen LogP contribution in [-0.2, 0) is 20.9 Å². The molecule has 2 bridgehead atoms. The molecule has 3 saturated heterocycles. The lowest BCUT2D eigenvalue weighted by molar-refractivity contribution is -0.144. The van der Waals surface area contributed by atoms with Gasteiger partial charge < -0.3 is 19.8 Å². The van der Waals surface area contributed by atoms with Crippen LogP contribution in [0.3, 0.4) is 0 Å². The number of likely N-dealkylation sites (tertiary alicyclic amines) is 1. The van der Waals surface area contributed by atoms with Gasteiger partial charge >= 0.3 is 0 Å². The number of rotatable bonds is 12. The fraction of sp³-hybridized carbons (Fsp3) is 0.441. The number of hydrogen-bond donors (Lipinski definition) is 1. The third-order valence-electron chi connectivity index (χ3n) is 9.24. The quantitative estimate of drug-likeness (QED) is 0.334. The van der Waals surface area contributed by atoms with E-state index in [1.807, 2.05) is 49.4 Å². The molecule has 1 N–H and O–H groups in total. The molecule has 3 aliphatic heterocycles. The van der Waals surface area contributed by atoms with Crippen molar-refractivity contribution < 1.29 is 19.5 Å². The topological polar surface area (TPSA) is 81.2 Å². The highest BCUT2D eigenvalue weighted by molar-refractivity contribution is 8.02. The number of aryl methyl sites for hydroxylation is 1. The van der Waals surface area contributed by atoms with Crippen LogP contribution < -0.4 is 4.90 Å². The molecule has 43 heavy (non-hydrogen) atoms. The summed E-state index contributed by atoms with van der Waals surface area (Å²) >= 11 is 8.31. The Morgan fingerprint density at radius 1 is 1.12 bits per heavy atom. The lowest BCUT2D eigenvalue weighted by atomic mass is 9.65. The second-order valence-corrected chi connectivity index (χ2v) is 13.8. The average Bonchev–Trinajstić information content (AvgIpc) is 3.58. The maximum Gasteiger partial charge on any atom is 0.251 e. The monoisotopic (exact) mass is 621 g/mol. The van der Waals surface area contributed by atoms with Gasteiger partial charge in [0, 0.05) is 38.0 Å². The van der Waals surface area contributed by atoms with Crippen molar-refractivity contribution in [3.8, 4) is 0 Å². The zero-order chi connectivity index (χ0) is 30.9. The molecule has 0 saturated carbocycles. The second-order valence-electron chi connectivity index (χ2n) is 11.8. The molecule has 6 atom stereocenters. The van der Waals surface area contributed by atoms with Crippen LogP contribution in [0.15, 0.2) is 73.8 Å². The summed E-state index contributed by atoms with van der Waals surface area (Å²) in [6.07, 6.45) is 4.45. The van der Waals surface area contributed by atoms with Crippen molar-refractivity contribution in [3.63, 3.8) is 0 Å². The van der Waals surface area contributed by atoms with Crippen molar-refractivity contribution in [3.05, 3.63) is 90.0 Å². The number of carbonyl (C=O) groups is 3. The standard InChI is InChI=1S/C34H40ClN3O4S/c1-5-16-36(21-24-13-8-7-9-14-24)31(40)27-26-20-23(4)34(43-26)28(27)32(41)38(18-11-19-39)30(34)33(42)37(17-6-2)29-22(3)12-10-15-25(29)35/h5-10,12-15,23,26-28,30,39H,1-2,11,16-21H2,3-4H3/t23?,26-,27+,28+,30?,34?/m1/s1. The van der Waals surface area contributed by atoms with E-state index in [2.05, 4.69) is 20.1 Å². The number of amides is 3. The first kappa shape index (κ1) is 31.4. The Balaban J connectivity index is 1.57. The van der Waals surface area contributed by atoms with Crippen LogP contribution in [0.4, 0.5) is 5.69 Å². The number of carbonyl (C=O) groups excluding carboxylic acids is 3. The van der Waals surface area contributed by atoms with Crippen molar-refractivity contribution in [2.75, 3.05) is 31.1 Å². The maximum atomic E-state index is 14.8. The number of aliphatic hydroxyl groups excluding tert-OH is 1. The Bertz CT molecular complexity index is 1380. The summed E-state index contributed by atoms with van der Waals surface area (Å²) in [6.45, 7) is 12.9. The first-order valence-corrected chi connectivity index (χ1v) is 16.2. The van der Waals surface area contributed by atoms with E-state index in [-0.39, 0.29) is 48.6 Å². The predicted molar refractivity (Wildman–Crippen MR) is 173 cm³/mol. The zero-order valence-corrected chi connectivity index (χ0v) is 26.4. The molecule has 0 aliphatic carbocycles. The van der Waals surface area contributed by atoms with Gasteiger partial charge in [0.25, 0.3) is 5.91 Å². The van der Waals surface area contributed by atoms with Gasteiger partial charge in [0.15, 0.2) is 0 Å². The van der Waals surface area contributed by atoms with Crippen LogP contribution in [0.2, 0.25) is 5.02 Å². The smallest absolute Gasteiger partial charge is 0.251 e. The van der Waals surface area contributed by atoms with Crippen LogP contribution in [0.5, 0.6) is 0 Å². The zero-order valence-electron chi connectivity index (χ0n) is 24.8. The molecule has 0 radical (unpaired) electrons. The van der Waals surface area contributed by atoms with Gasteiger partial charge in [0.1, 0.15) is 6.04 Å². The fourth-order valence-corrected chi connectivity index (χ4v) is 10.2. The Kier molecular flexibility index (Phi) is 9.40. The summed E-state index contributed by atoms with van der Waals surface area (Å²) < 4.78 is -0.782. The van der Waals surface area contributed by atoms with Gasteiger partial charge in [-0.05, 0) is 42.9 Å². The van der Waals surface area contributed by atoms with Gasteiger partial charge in [0.05, 0.1) is 27.3 Å². The third-order valence-corrected chi connectivity index (χ3v) is 11.6. The van der Waals surface area contributed by atoms with Crippen molar-refractivity contribution in [1.29, 1.82) is 0 Å². The number of aliphatic hydroxyl groups is 1. The SMILES string of the molecule is C=CCN(Cc1ccccc1)C(=O)[C@@H]1[C@H]2C(=O)N(CCCO)C(C(=O)N(CC=C)c3c(C)cccc3Cl)C23S[C@@H]1CC3C. The Hall–Kier alpha value is -3.07. The molecule has 3 heterocycles. The first-order chi connectivity index (χ1) is 20.7. The van der Waals surface area contributed by atoms with Crippen molar-refractivity contribution in [2.24, 2.45) is 17.8 Å². The molecule has 3 amide bonds. The Morgan fingerprint density at radius 2 is 1.84 bits per heavy atom. The number of halogens is 1. The molecule has 2 aromatic rings. The van der Waals surface area contributed by atoms with Gasteiger partial charge in [-0.1, -0.05) is 73.1 Å². The lowest BCUT2D eigenvalue weighted by Crippen LogP contribution is -2.58. The van der Waals surface area contributed by atoms with Crippen molar-refractivity contribution in [2.45, 2.75) is 49.3 Å². The van der Waals surface area contributed by atoms with Gasteiger partial charge in [0.2, 0.25) is 11.8 Å². The second kappa shape index (κ2) is 12.9. The van der Waals surface area contributed by atoms with E-state index < -0.39 is 22.6 Å². The normalized spacial score (nSPS) is 27.2. The van der Waals surface area contributed by atoms with Crippen LogP contribution in [0.1, 0.15) is 30.9 Å². The summed E-state index contributed by atoms with van der Waals surface area (Å²) in [7, 11) is 0. The van der Waals surface area contributed by atoms with E-state index in [0.29, 0.717) is 30.2 Å². The molecule has 3 fully saturated rings. The van der Waals surface area contributed by atoms with E-state index in [9.17, 15) is 19.5 Å². The molecule has 3 unspecified atom stereocenters. The summed E-state index contributed by atoms with van der Waals surface area (Å²) in [6, 6.07) is 14.5. The molecule has 2 aromatic carbocycles. The predicted octanol–water partition coefficient (Wildman–Crippen LogP) is 5.10. The molecule has 7 nitrogen and oxygen atoms in total.